The monoisotopic (exact) mass is 425 g/mol. The Morgan fingerprint density at radius 1 is 1.25 bits per heavy atom. The molecule has 0 bridgehead atoms. The first-order valence-corrected chi connectivity index (χ1v) is 8.86. The van der Waals surface area contributed by atoms with Gasteiger partial charge in [0, 0.05) is 35.0 Å². The number of amides is 1. The molecule has 6 nitrogen and oxygen atoms in total. The number of hydrogen-bond donors (Lipinski definition) is 2. The van der Waals surface area contributed by atoms with Crippen LogP contribution in [0.4, 0.5) is 5.69 Å². The van der Waals surface area contributed by atoms with Crippen molar-refractivity contribution in [2.45, 2.75) is 11.3 Å². The van der Waals surface area contributed by atoms with Crippen molar-refractivity contribution in [2.75, 3.05) is 25.4 Å². The zero-order valence-corrected chi connectivity index (χ0v) is 14.4. The molecule has 1 aliphatic heterocycles. The smallest absolute Gasteiger partial charge is 0.246 e. The van der Waals surface area contributed by atoms with Crippen molar-refractivity contribution in [1.29, 1.82) is 0 Å². The summed E-state index contributed by atoms with van der Waals surface area (Å²) in [7, 11) is -3.74. The van der Waals surface area contributed by atoms with Crippen LogP contribution in [0.3, 0.4) is 0 Å². The van der Waals surface area contributed by atoms with Crippen LogP contribution in [0.1, 0.15) is 6.42 Å². The molecule has 0 atom stereocenters. The first-order valence-electron chi connectivity index (χ1n) is 5.84. The van der Waals surface area contributed by atoms with Crippen LogP contribution in [0.25, 0.3) is 0 Å². The van der Waals surface area contributed by atoms with Crippen molar-refractivity contribution >= 4 is 53.5 Å². The number of nitrogens with zero attached hydrogens (tertiary/aromatic N) is 1. The summed E-state index contributed by atoms with van der Waals surface area (Å²) in [6, 6.07) is 3.17. The quantitative estimate of drug-likeness (QED) is 0.697. The Labute approximate surface area is 134 Å². The second kappa shape index (κ2) is 6.00. The molecule has 0 radical (unpaired) electrons. The van der Waals surface area contributed by atoms with Gasteiger partial charge in [-0.2, -0.15) is 4.31 Å². The summed E-state index contributed by atoms with van der Waals surface area (Å²) < 4.78 is 27.7. The van der Waals surface area contributed by atoms with Gasteiger partial charge in [0.2, 0.25) is 15.9 Å². The third-order valence-corrected chi connectivity index (χ3v) is 6.27. The number of hydrogen-bond acceptors (Lipinski definition) is 4. The Balaban J connectivity index is 2.42. The molecule has 9 heteroatoms. The van der Waals surface area contributed by atoms with Gasteiger partial charge in [-0.1, -0.05) is 15.9 Å². The SMILES string of the molecule is Nc1cc(Br)cc(Br)c1S(=O)(=O)N1CCNC(=O)CC1. The van der Waals surface area contributed by atoms with Crippen molar-refractivity contribution in [3.8, 4) is 0 Å². The van der Waals surface area contributed by atoms with E-state index in [9.17, 15) is 13.2 Å². The summed E-state index contributed by atoms with van der Waals surface area (Å²) in [5, 5.41) is 2.64. The lowest BCUT2D eigenvalue weighted by Crippen LogP contribution is -2.34. The number of anilines is 1. The number of rotatable bonds is 2. The first-order chi connectivity index (χ1) is 9.32. The minimum atomic E-state index is -3.74. The molecule has 1 aromatic carbocycles. The number of nitrogens with one attached hydrogen (secondary N) is 1. The topological polar surface area (TPSA) is 92.5 Å². The molecule has 3 N–H and O–H groups in total. The number of carbonyl (C=O) groups is 1. The van der Waals surface area contributed by atoms with Gasteiger partial charge in [-0.25, -0.2) is 8.42 Å². The molecule has 1 amide bonds. The van der Waals surface area contributed by atoms with Gasteiger partial charge >= 0.3 is 0 Å². The summed E-state index contributed by atoms with van der Waals surface area (Å²) in [5.74, 6) is -0.148. The fraction of sp³-hybridized carbons (Fsp3) is 0.364. The molecule has 0 aromatic heterocycles. The third-order valence-electron chi connectivity index (χ3n) is 2.91. The Kier molecular flexibility index (Phi) is 4.73. The highest BCUT2D eigenvalue weighted by Crippen LogP contribution is 2.33. The van der Waals surface area contributed by atoms with Crippen molar-refractivity contribution < 1.29 is 13.2 Å². The van der Waals surface area contributed by atoms with Crippen molar-refractivity contribution in [3.63, 3.8) is 0 Å². The Morgan fingerprint density at radius 2 is 1.95 bits per heavy atom. The van der Waals surface area contributed by atoms with Crippen LogP contribution >= 0.6 is 31.9 Å². The fourth-order valence-corrected chi connectivity index (χ4v) is 5.42. The number of benzene rings is 1. The van der Waals surface area contributed by atoms with Crippen LogP contribution in [-0.4, -0.2) is 38.3 Å². The summed E-state index contributed by atoms with van der Waals surface area (Å²) in [4.78, 5) is 11.3. The second-order valence-corrected chi connectivity index (χ2v) is 7.95. The molecule has 0 spiro atoms. The van der Waals surface area contributed by atoms with Gasteiger partial charge in [-0.3, -0.25) is 4.79 Å². The highest BCUT2D eigenvalue weighted by atomic mass is 79.9. The number of carbonyl (C=O) groups excluding carboxylic acids is 1. The molecule has 110 valence electrons. The molecule has 2 rings (SSSR count). The van der Waals surface area contributed by atoms with E-state index < -0.39 is 10.0 Å². The number of sulfonamides is 1. The average molecular weight is 427 g/mol. The first kappa shape index (κ1) is 15.7. The molecule has 0 unspecified atom stereocenters. The Hall–Kier alpha value is -0.640. The molecule has 1 saturated heterocycles. The van der Waals surface area contributed by atoms with Crippen LogP contribution < -0.4 is 11.1 Å². The summed E-state index contributed by atoms with van der Waals surface area (Å²) in [6.07, 6.45) is 0.146. The highest BCUT2D eigenvalue weighted by Gasteiger charge is 2.30. The number of halogens is 2. The Morgan fingerprint density at radius 3 is 2.60 bits per heavy atom. The minimum absolute atomic E-state index is 0.0371. The molecule has 0 aliphatic carbocycles. The van der Waals surface area contributed by atoms with Gasteiger partial charge in [0.05, 0.1) is 5.69 Å². The normalized spacial score (nSPS) is 17.6. The largest absolute Gasteiger partial charge is 0.398 e. The van der Waals surface area contributed by atoms with Crippen LogP contribution in [0.15, 0.2) is 26.0 Å². The highest BCUT2D eigenvalue weighted by molar-refractivity contribution is 9.11. The molecule has 0 saturated carbocycles. The van der Waals surface area contributed by atoms with Gasteiger partial charge in [-0.15, -0.1) is 0 Å². The molecular weight excluding hydrogens is 414 g/mol. The predicted molar refractivity (Wildman–Crippen MR) is 82.6 cm³/mol. The molecule has 1 aromatic rings. The van der Waals surface area contributed by atoms with E-state index in [-0.39, 0.29) is 36.0 Å². The van der Waals surface area contributed by atoms with E-state index in [0.29, 0.717) is 15.5 Å². The second-order valence-electron chi connectivity index (χ2n) is 4.31. The van der Waals surface area contributed by atoms with E-state index in [2.05, 4.69) is 37.2 Å². The number of nitrogen functional groups attached to an aromatic ring is 1. The van der Waals surface area contributed by atoms with Crippen molar-refractivity contribution in [2.24, 2.45) is 0 Å². The lowest BCUT2D eigenvalue weighted by molar-refractivity contribution is -0.120. The Bertz CT molecular complexity index is 625. The maximum atomic E-state index is 12.7. The standard InChI is InChI=1S/C11H13Br2N3O3S/c12-7-5-8(13)11(9(14)6-7)20(18,19)16-3-1-10(17)15-2-4-16/h5-6H,1-4,14H2,(H,15,17). The molecule has 20 heavy (non-hydrogen) atoms. The molecule has 1 fully saturated rings. The van der Waals surface area contributed by atoms with Crippen LogP contribution in [0.5, 0.6) is 0 Å². The third kappa shape index (κ3) is 3.16. The van der Waals surface area contributed by atoms with Gasteiger partial charge in [0.1, 0.15) is 4.90 Å². The van der Waals surface area contributed by atoms with E-state index in [1.165, 1.54) is 4.31 Å². The average Bonchev–Trinajstić information content (AvgIpc) is 2.52. The van der Waals surface area contributed by atoms with Crippen LogP contribution in [-0.2, 0) is 14.8 Å². The van der Waals surface area contributed by atoms with Gasteiger partial charge in [0.25, 0.3) is 0 Å². The van der Waals surface area contributed by atoms with Crippen LogP contribution in [0.2, 0.25) is 0 Å². The van der Waals surface area contributed by atoms with Crippen molar-refractivity contribution in [3.05, 3.63) is 21.1 Å². The molecule has 1 heterocycles. The van der Waals surface area contributed by atoms with Crippen molar-refractivity contribution in [1.82, 2.24) is 9.62 Å². The summed E-state index contributed by atoms with van der Waals surface area (Å²) in [6.45, 7) is 0.679. The van der Waals surface area contributed by atoms with E-state index >= 15 is 0 Å². The van der Waals surface area contributed by atoms with E-state index in [4.69, 9.17) is 5.73 Å². The zero-order valence-electron chi connectivity index (χ0n) is 10.4. The van der Waals surface area contributed by atoms with E-state index in [1.807, 2.05) is 0 Å². The number of nitrogens with two attached hydrogens (primary N) is 1. The summed E-state index contributed by atoms with van der Waals surface area (Å²) >= 11 is 6.49. The fourth-order valence-electron chi connectivity index (χ4n) is 1.97. The minimum Gasteiger partial charge on any atom is -0.398 e. The lowest BCUT2D eigenvalue weighted by Gasteiger charge is -2.21. The predicted octanol–water partition coefficient (Wildman–Crippen LogP) is 1.30. The van der Waals surface area contributed by atoms with Gasteiger partial charge in [0.15, 0.2) is 0 Å². The zero-order chi connectivity index (χ0) is 14.9. The summed E-state index contributed by atoms with van der Waals surface area (Å²) in [5.41, 5.74) is 5.99. The van der Waals surface area contributed by atoms with E-state index in [0.717, 1.165) is 0 Å². The van der Waals surface area contributed by atoms with Gasteiger partial charge in [-0.05, 0) is 28.1 Å². The molecule has 1 aliphatic rings. The lowest BCUT2D eigenvalue weighted by atomic mass is 10.3. The molecular formula is C11H13Br2N3O3S. The van der Waals surface area contributed by atoms with Crippen LogP contribution in [0, 0.1) is 0 Å². The van der Waals surface area contributed by atoms with Gasteiger partial charge < -0.3 is 11.1 Å². The maximum absolute atomic E-state index is 12.7. The van der Waals surface area contributed by atoms with E-state index in [1.54, 1.807) is 12.1 Å². The maximum Gasteiger partial charge on any atom is 0.246 e.